The van der Waals surface area contributed by atoms with Crippen LogP contribution < -0.4 is 10.1 Å². The van der Waals surface area contributed by atoms with Gasteiger partial charge in [-0.1, -0.05) is 17.7 Å². The maximum absolute atomic E-state index is 13.6. The number of thiazole rings is 1. The van der Waals surface area contributed by atoms with Gasteiger partial charge < -0.3 is 9.30 Å². The number of fused-ring (bicyclic) bond motifs is 1. The van der Waals surface area contributed by atoms with Crippen LogP contribution in [0, 0.1) is 5.82 Å². The summed E-state index contributed by atoms with van der Waals surface area (Å²) in [6.45, 7) is 0. The van der Waals surface area contributed by atoms with Crippen molar-refractivity contribution in [1.29, 1.82) is 0 Å². The SMILES string of the molecule is COc1ccc(F)cc1-c1csc(NC(=O)c2cc3ccc(Cl)cc3n2C)n1. The van der Waals surface area contributed by atoms with Gasteiger partial charge in [0.05, 0.1) is 12.8 Å². The van der Waals surface area contributed by atoms with E-state index in [1.807, 2.05) is 12.1 Å². The highest BCUT2D eigenvalue weighted by Crippen LogP contribution is 2.33. The molecule has 0 spiro atoms. The minimum Gasteiger partial charge on any atom is -0.496 e. The van der Waals surface area contributed by atoms with Gasteiger partial charge in [0, 0.05) is 33.9 Å². The van der Waals surface area contributed by atoms with Crippen molar-refractivity contribution in [1.82, 2.24) is 9.55 Å². The van der Waals surface area contributed by atoms with E-state index in [1.54, 1.807) is 35.2 Å². The molecule has 28 heavy (non-hydrogen) atoms. The largest absolute Gasteiger partial charge is 0.496 e. The van der Waals surface area contributed by atoms with Crippen LogP contribution in [0.3, 0.4) is 0 Å². The lowest BCUT2D eigenvalue weighted by Crippen LogP contribution is -2.15. The molecule has 0 bridgehead atoms. The lowest BCUT2D eigenvalue weighted by Gasteiger charge is -2.06. The van der Waals surface area contributed by atoms with E-state index in [4.69, 9.17) is 16.3 Å². The van der Waals surface area contributed by atoms with E-state index in [2.05, 4.69) is 10.3 Å². The Morgan fingerprint density at radius 1 is 1.25 bits per heavy atom. The van der Waals surface area contributed by atoms with E-state index in [1.165, 1.54) is 30.6 Å². The van der Waals surface area contributed by atoms with Crippen LogP contribution in [-0.4, -0.2) is 22.6 Å². The molecule has 1 N–H and O–H groups in total. The fourth-order valence-electron chi connectivity index (χ4n) is 3.02. The predicted molar refractivity (Wildman–Crippen MR) is 110 cm³/mol. The average molecular weight is 416 g/mol. The van der Waals surface area contributed by atoms with Gasteiger partial charge in [-0.05, 0) is 36.4 Å². The second kappa shape index (κ2) is 7.26. The smallest absolute Gasteiger partial charge is 0.274 e. The van der Waals surface area contributed by atoms with Gasteiger partial charge in [0.2, 0.25) is 0 Å². The third-order valence-electron chi connectivity index (χ3n) is 4.40. The number of hydrogen-bond acceptors (Lipinski definition) is 4. The van der Waals surface area contributed by atoms with Crippen molar-refractivity contribution in [2.75, 3.05) is 12.4 Å². The zero-order valence-electron chi connectivity index (χ0n) is 15.0. The number of carbonyl (C=O) groups is 1. The van der Waals surface area contributed by atoms with E-state index >= 15 is 0 Å². The van der Waals surface area contributed by atoms with Crippen molar-refractivity contribution in [2.24, 2.45) is 7.05 Å². The lowest BCUT2D eigenvalue weighted by atomic mass is 10.1. The van der Waals surface area contributed by atoms with Gasteiger partial charge >= 0.3 is 0 Å². The molecule has 2 heterocycles. The minimum atomic E-state index is -0.386. The summed E-state index contributed by atoms with van der Waals surface area (Å²) in [7, 11) is 3.32. The Hall–Kier alpha value is -2.90. The van der Waals surface area contributed by atoms with Crippen LogP contribution in [0.15, 0.2) is 47.8 Å². The zero-order valence-corrected chi connectivity index (χ0v) is 16.6. The van der Waals surface area contributed by atoms with Crippen molar-refractivity contribution in [2.45, 2.75) is 0 Å². The molecule has 4 aromatic rings. The zero-order chi connectivity index (χ0) is 19.8. The summed E-state index contributed by atoms with van der Waals surface area (Å²) in [6.07, 6.45) is 0. The Kier molecular flexibility index (Phi) is 4.78. The summed E-state index contributed by atoms with van der Waals surface area (Å²) in [5, 5.41) is 6.48. The second-order valence-corrected chi connectivity index (χ2v) is 7.42. The number of aromatic nitrogens is 2. The highest BCUT2D eigenvalue weighted by molar-refractivity contribution is 7.14. The van der Waals surface area contributed by atoms with Gasteiger partial charge in [0.15, 0.2) is 5.13 Å². The van der Waals surface area contributed by atoms with E-state index in [0.717, 1.165) is 10.9 Å². The van der Waals surface area contributed by atoms with Crippen LogP contribution in [0.2, 0.25) is 5.02 Å². The molecule has 5 nitrogen and oxygen atoms in total. The highest BCUT2D eigenvalue weighted by atomic mass is 35.5. The number of carbonyl (C=O) groups excluding carboxylic acids is 1. The second-order valence-electron chi connectivity index (χ2n) is 6.13. The summed E-state index contributed by atoms with van der Waals surface area (Å²) in [6, 6.07) is 11.5. The van der Waals surface area contributed by atoms with Gasteiger partial charge in [-0.25, -0.2) is 9.37 Å². The van der Waals surface area contributed by atoms with Gasteiger partial charge in [0.25, 0.3) is 5.91 Å². The molecule has 2 aromatic heterocycles. The van der Waals surface area contributed by atoms with E-state index < -0.39 is 0 Å². The van der Waals surface area contributed by atoms with Crippen molar-refractivity contribution >= 4 is 44.9 Å². The Morgan fingerprint density at radius 2 is 2.07 bits per heavy atom. The normalized spacial score (nSPS) is 11.0. The molecule has 0 aliphatic rings. The first-order chi connectivity index (χ1) is 13.5. The molecular weight excluding hydrogens is 401 g/mol. The van der Waals surface area contributed by atoms with Gasteiger partial charge in [-0.3, -0.25) is 10.1 Å². The number of nitrogens with one attached hydrogen (secondary N) is 1. The standard InChI is InChI=1S/C20H15ClFN3O2S/c1-25-16-8-12(21)4-3-11(16)7-17(25)19(26)24-20-23-15(10-28-20)14-9-13(22)5-6-18(14)27-2/h3-10H,1-2H3,(H,23,24,26). The predicted octanol–water partition coefficient (Wildman–Crippen LogP) is 5.36. The van der Waals surface area contributed by atoms with Crippen LogP contribution >= 0.6 is 22.9 Å². The van der Waals surface area contributed by atoms with E-state index in [9.17, 15) is 9.18 Å². The van der Waals surface area contributed by atoms with Crippen molar-refractivity contribution in [3.8, 4) is 17.0 Å². The Labute approximate surface area is 169 Å². The van der Waals surface area contributed by atoms with Gasteiger partial charge in [-0.15, -0.1) is 11.3 Å². The highest BCUT2D eigenvalue weighted by Gasteiger charge is 2.17. The molecule has 0 atom stereocenters. The van der Waals surface area contributed by atoms with E-state index in [-0.39, 0.29) is 11.7 Å². The van der Waals surface area contributed by atoms with Crippen LogP contribution in [-0.2, 0) is 7.05 Å². The van der Waals surface area contributed by atoms with Crippen LogP contribution in [0.1, 0.15) is 10.5 Å². The molecule has 4 rings (SSSR count). The summed E-state index contributed by atoms with van der Waals surface area (Å²) in [5.74, 6) is -0.166. The molecule has 2 aromatic carbocycles. The Bertz CT molecular complexity index is 1200. The molecule has 0 saturated carbocycles. The van der Waals surface area contributed by atoms with Crippen molar-refractivity contribution in [3.63, 3.8) is 0 Å². The molecular formula is C20H15ClFN3O2S. The third kappa shape index (κ3) is 3.34. The van der Waals surface area contributed by atoms with Gasteiger partial charge in [-0.2, -0.15) is 0 Å². The maximum Gasteiger partial charge on any atom is 0.274 e. The minimum absolute atomic E-state index is 0.290. The first kappa shape index (κ1) is 18.5. The number of hydrogen-bond donors (Lipinski definition) is 1. The number of methoxy groups -OCH3 is 1. The molecule has 142 valence electrons. The molecule has 1 amide bonds. The Morgan fingerprint density at radius 3 is 2.86 bits per heavy atom. The molecule has 0 aliphatic carbocycles. The molecule has 8 heteroatoms. The summed E-state index contributed by atoms with van der Waals surface area (Å²) in [4.78, 5) is 17.1. The average Bonchev–Trinajstić information content (AvgIpc) is 3.26. The Balaban J connectivity index is 1.62. The number of anilines is 1. The molecule has 0 saturated heterocycles. The fraction of sp³-hybridized carbons (Fsp3) is 0.100. The van der Waals surface area contributed by atoms with Crippen LogP contribution in [0.25, 0.3) is 22.2 Å². The monoisotopic (exact) mass is 415 g/mol. The van der Waals surface area contributed by atoms with Gasteiger partial charge in [0.1, 0.15) is 17.3 Å². The topological polar surface area (TPSA) is 56.1 Å². The number of amides is 1. The lowest BCUT2D eigenvalue weighted by molar-refractivity contribution is 0.101. The number of rotatable bonds is 4. The van der Waals surface area contributed by atoms with Crippen molar-refractivity contribution < 1.29 is 13.9 Å². The first-order valence-corrected chi connectivity index (χ1v) is 9.58. The summed E-state index contributed by atoms with van der Waals surface area (Å²) >= 11 is 7.30. The third-order valence-corrected chi connectivity index (χ3v) is 5.39. The summed E-state index contributed by atoms with van der Waals surface area (Å²) in [5.41, 5.74) is 2.40. The van der Waals surface area contributed by atoms with Crippen LogP contribution in [0.4, 0.5) is 9.52 Å². The number of halogens is 2. The molecule has 0 radical (unpaired) electrons. The number of benzene rings is 2. The first-order valence-electron chi connectivity index (χ1n) is 8.32. The number of ether oxygens (including phenoxy) is 1. The van der Waals surface area contributed by atoms with Crippen LogP contribution in [0.5, 0.6) is 5.75 Å². The summed E-state index contributed by atoms with van der Waals surface area (Å²) < 4.78 is 20.7. The fourth-order valence-corrected chi connectivity index (χ4v) is 3.89. The molecule has 0 fully saturated rings. The maximum atomic E-state index is 13.6. The molecule has 0 unspecified atom stereocenters. The molecule has 0 aliphatic heterocycles. The van der Waals surface area contributed by atoms with E-state index in [0.29, 0.717) is 32.9 Å². The quantitative estimate of drug-likeness (QED) is 0.488. The number of aryl methyl sites for hydroxylation is 1. The number of nitrogens with zero attached hydrogens (tertiary/aromatic N) is 2. The van der Waals surface area contributed by atoms with Crippen molar-refractivity contribution in [3.05, 3.63) is 64.4 Å².